The van der Waals surface area contributed by atoms with E-state index in [0.29, 0.717) is 6.42 Å². The lowest BCUT2D eigenvalue weighted by Crippen LogP contribution is -2.49. The van der Waals surface area contributed by atoms with Crippen molar-refractivity contribution in [3.05, 3.63) is 112 Å². The summed E-state index contributed by atoms with van der Waals surface area (Å²) in [5.74, 6) is -2.64. The number of rotatable bonds is 6. The van der Waals surface area contributed by atoms with E-state index in [1.54, 1.807) is 0 Å². The van der Waals surface area contributed by atoms with Crippen LogP contribution >= 0.6 is 0 Å². The largest absolute Gasteiger partial charge is 0.352 e. The van der Waals surface area contributed by atoms with Crippen LogP contribution in [-0.2, 0) is 16.0 Å². The van der Waals surface area contributed by atoms with E-state index >= 15 is 0 Å². The Balaban J connectivity index is 1.40. The third-order valence-corrected chi connectivity index (χ3v) is 7.58. The molecule has 0 radical (unpaired) electrons. The number of benzene rings is 3. The van der Waals surface area contributed by atoms with Crippen LogP contribution in [0.2, 0.25) is 0 Å². The number of nitro groups is 1. The van der Waals surface area contributed by atoms with Gasteiger partial charge in [-0.3, -0.25) is 29.4 Å². The third-order valence-electron chi connectivity index (χ3n) is 7.58. The number of ketones is 1. The highest BCUT2D eigenvalue weighted by atomic mass is 16.6. The number of Topliss-reactive ketones (excluding diaryl/α,β-unsaturated/α-hetero) is 1. The molecule has 2 amide bonds. The van der Waals surface area contributed by atoms with Gasteiger partial charge in [-0.25, -0.2) is 0 Å². The summed E-state index contributed by atoms with van der Waals surface area (Å²) < 4.78 is 0. The van der Waals surface area contributed by atoms with Gasteiger partial charge in [0.15, 0.2) is 5.78 Å². The second-order valence-electron chi connectivity index (χ2n) is 9.55. The normalized spacial score (nSPS) is 23.6. The predicted octanol–water partition coefficient (Wildman–Crippen LogP) is 3.91. The number of hydrogen-bond acceptors (Lipinski definition) is 6. The van der Waals surface area contributed by atoms with Crippen molar-refractivity contribution in [2.24, 2.45) is 11.8 Å². The van der Waals surface area contributed by atoms with Gasteiger partial charge in [0.1, 0.15) is 6.04 Å². The first-order chi connectivity index (χ1) is 18.0. The van der Waals surface area contributed by atoms with Crippen LogP contribution < -0.4 is 4.90 Å². The highest BCUT2D eigenvalue weighted by molar-refractivity contribution is 6.14. The number of non-ortho nitro benzene ring substituents is 1. The number of nitrogens with zero attached hydrogens (tertiary/aromatic N) is 3. The maximum Gasteiger partial charge on any atom is 0.270 e. The second kappa shape index (κ2) is 8.81. The van der Waals surface area contributed by atoms with E-state index in [1.165, 1.54) is 29.2 Å². The molecule has 3 aliphatic rings. The maximum absolute atomic E-state index is 14.0. The van der Waals surface area contributed by atoms with Crippen LogP contribution in [0.5, 0.6) is 0 Å². The number of nitro benzene ring substituents is 1. The van der Waals surface area contributed by atoms with E-state index in [9.17, 15) is 24.5 Å². The van der Waals surface area contributed by atoms with Crippen molar-refractivity contribution in [3.63, 3.8) is 0 Å². The smallest absolute Gasteiger partial charge is 0.270 e. The van der Waals surface area contributed by atoms with Crippen molar-refractivity contribution in [2.45, 2.75) is 18.5 Å². The summed E-state index contributed by atoms with van der Waals surface area (Å²) in [4.78, 5) is 55.4. The predicted molar refractivity (Wildman–Crippen MR) is 137 cm³/mol. The molecule has 2 fully saturated rings. The molecule has 0 bridgehead atoms. The summed E-state index contributed by atoms with van der Waals surface area (Å²) in [7, 11) is 0. The molecule has 37 heavy (non-hydrogen) atoms. The molecular formula is C29H23N3O5. The minimum atomic E-state index is -0.957. The molecule has 4 atom stereocenters. The quantitative estimate of drug-likeness (QED) is 0.223. The van der Waals surface area contributed by atoms with Crippen molar-refractivity contribution < 1.29 is 19.3 Å². The first kappa shape index (κ1) is 22.8. The lowest BCUT2D eigenvalue weighted by Gasteiger charge is -2.36. The van der Waals surface area contributed by atoms with Crippen LogP contribution in [0.25, 0.3) is 6.08 Å². The average molecular weight is 494 g/mol. The topological polar surface area (TPSA) is 101 Å². The Morgan fingerprint density at radius 1 is 0.892 bits per heavy atom. The Kier molecular flexibility index (Phi) is 5.44. The van der Waals surface area contributed by atoms with Gasteiger partial charge in [0.25, 0.3) is 5.69 Å². The Hall–Kier alpha value is -4.59. The standard InChI is InChI=1S/C29H23N3O5/c33-27(20-10-6-11-21(17-20)32(36)37)26-25-24(23-14-13-19-9-4-5-12-22(19)31(23)26)28(34)30(29(25)35)16-15-18-7-2-1-3-8-18/h1-14,17,23-26H,15-16H2/t23-,24-,25-,26+/m0/s1. The molecule has 8 heteroatoms. The summed E-state index contributed by atoms with van der Waals surface area (Å²) in [5.41, 5.74) is 2.61. The van der Waals surface area contributed by atoms with Gasteiger partial charge in [-0.05, 0) is 23.6 Å². The van der Waals surface area contributed by atoms with E-state index in [-0.39, 0.29) is 29.6 Å². The summed E-state index contributed by atoms with van der Waals surface area (Å²) in [6.45, 7) is 0.236. The number of likely N-dealkylation sites (tertiary alicyclic amines) is 1. The zero-order chi connectivity index (χ0) is 25.7. The van der Waals surface area contributed by atoms with Crippen LogP contribution in [-0.4, -0.2) is 46.0 Å². The van der Waals surface area contributed by atoms with Gasteiger partial charge < -0.3 is 4.90 Å². The molecule has 3 aromatic rings. The summed E-state index contributed by atoms with van der Waals surface area (Å²) in [6, 6.07) is 21.3. The van der Waals surface area contributed by atoms with Gasteiger partial charge in [0.05, 0.1) is 22.8 Å². The third kappa shape index (κ3) is 3.64. The number of para-hydroxylation sites is 1. The Morgan fingerprint density at radius 3 is 2.41 bits per heavy atom. The Labute approximate surface area is 213 Å². The van der Waals surface area contributed by atoms with Crippen LogP contribution in [0.4, 0.5) is 11.4 Å². The van der Waals surface area contributed by atoms with Crippen molar-refractivity contribution >= 4 is 35.0 Å². The van der Waals surface area contributed by atoms with E-state index in [2.05, 4.69) is 0 Å². The van der Waals surface area contributed by atoms with Crippen LogP contribution in [0.15, 0.2) is 84.9 Å². The number of amides is 2. The molecule has 3 aromatic carbocycles. The number of fused-ring (bicyclic) bond motifs is 5. The molecular weight excluding hydrogens is 470 g/mol. The molecule has 3 aliphatic heterocycles. The van der Waals surface area contributed by atoms with Crippen molar-refractivity contribution in [2.75, 3.05) is 11.4 Å². The molecule has 0 unspecified atom stereocenters. The fraction of sp³-hybridized carbons (Fsp3) is 0.207. The molecule has 0 N–H and O–H groups in total. The minimum absolute atomic E-state index is 0.147. The van der Waals surface area contributed by atoms with E-state index in [1.807, 2.05) is 71.6 Å². The molecule has 8 nitrogen and oxygen atoms in total. The Bertz CT molecular complexity index is 1470. The lowest BCUT2D eigenvalue weighted by molar-refractivity contribution is -0.384. The van der Waals surface area contributed by atoms with E-state index in [4.69, 9.17) is 0 Å². The van der Waals surface area contributed by atoms with Gasteiger partial charge in [-0.2, -0.15) is 0 Å². The monoisotopic (exact) mass is 493 g/mol. The second-order valence-corrected chi connectivity index (χ2v) is 9.55. The van der Waals surface area contributed by atoms with Gasteiger partial charge in [0, 0.05) is 29.9 Å². The molecule has 184 valence electrons. The van der Waals surface area contributed by atoms with Crippen molar-refractivity contribution in [1.29, 1.82) is 0 Å². The SMILES string of the molecule is O=C(c1cccc([N+](=O)[O-])c1)[C@H]1[C@H]2C(=O)N(CCc3ccccc3)C(=O)[C@H]2[C@@H]2C=Cc3ccccc3N21. The summed E-state index contributed by atoms with van der Waals surface area (Å²) >= 11 is 0. The number of hydrogen-bond donors (Lipinski definition) is 0. The molecule has 0 spiro atoms. The van der Waals surface area contributed by atoms with Gasteiger partial charge >= 0.3 is 0 Å². The fourth-order valence-electron chi connectivity index (χ4n) is 5.92. The minimum Gasteiger partial charge on any atom is -0.352 e. The van der Waals surface area contributed by atoms with Crippen molar-refractivity contribution in [3.8, 4) is 0 Å². The van der Waals surface area contributed by atoms with Gasteiger partial charge in [-0.1, -0.05) is 72.8 Å². The van der Waals surface area contributed by atoms with Crippen LogP contribution in [0.3, 0.4) is 0 Å². The first-order valence-electron chi connectivity index (χ1n) is 12.2. The highest BCUT2D eigenvalue weighted by Gasteiger charge is 2.63. The first-order valence-corrected chi connectivity index (χ1v) is 12.2. The fourth-order valence-corrected chi connectivity index (χ4v) is 5.92. The molecule has 6 rings (SSSR count). The van der Waals surface area contributed by atoms with Crippen LogP contribution in [0.1, 0.15) is 21.5 Å². The molecule has 0 aromatic heterocycles. The summed E-state index contributed by atoms with van der Waals surface area (Å²) in [5, 5.41) is 11.4. The number of imide groups is 1. The zero-order valence-corrected chi connectivity index (χ0v) is 19.8. The maximum atomic E-state index is 14.0. The van der Waals surface area contributed by atoms with Gasteiger partial charge in [0.2, 0.25) is 11.8 Å². The van der Waals surface area contributed by atoms with E-state index in [0.717, 1.165) is 16.8 Å². The lowest BCUT2D eigenvalue weighted by atomic mass is 9.86. The number of carbonyl (C=O) groups is 3. The molecule has 3 heterocycles. The molecule has 0 saturated carbocycles. The Morgan fingerprint density at radius 2 is 1.62 bits per heavy atom. The number of carbonyl (C=O) groups excluding carboxylic acids is 3. The molecule has 0 aliphatic carbocycles. The zero-order valence-electron chi connectivity index (χ0n) is 19.8. The van der Waals surface area contributed by atoms with Gasteiger partial charge in [-0.15, -0.1) is 0 Å². The summed E-state index contributed by atoms with van der Waals surface area (Å²) in [6.07, 6.45) is 4.35. The van der Waals surface area contributed by atoms with Crippen molar-refractivity contribution in [1.82, 2.24) is 4.90 Å². The highest BCUT2D eigenvalue weighted by Crippen LogP contribution is 2.49. The molecule has 2 saturated heterocycles. The average Bonchev–Trinajstić information content (AvgIpc) is 3.40. The van der Waals surface area contributed by atoms with Crippen LogP contribution in [0, 0.1) is 22.0 Å². The van der Waals surface area contributed by atoms with E-state index < -0.39 is 34.6 Å². The number of anilines is 1.